The van der Waals surface area contributed by atoms with Crippen molar-refractivity contribution in [2.45, 2.75) is 13.0 Å². The molecule has 7 heteroatoms. The number of nitrogens with one attached hydrogen (secondary N) is 2. The Hall–Kier alpha value is -1.30. The van der Waals surface area contributed by atoms with Crippen LogP contribution in [-0.2, 0) is 9.59 Å². The minimum Gasteiger partial charge on any atom is -0.348 e. The van der Waals surface area contributed by atoms with Gasteiger partial charge in [-0.25, -0.2) is 0 Å². The number of halogens is 2. The highest BCUT2D eigenvalue weighted by Crippen LogP contribution is 2.25. The summed E-state index contributed by atoms with van der Waals surface area (Å²) in [6.07, 6.45) is 0. The van der Waals surface area contributed by atoms with Gasteiger partial charge in [-0.05, 0) is 24.6 Å². The van der Waals surface area contributed by atoms with Gasteiger partial charge in [0.15, 0.2) is 0 Å². The van der Waals surface area contributed by atoms with Crippen LogP contribution in [0.2, 0.25) is 10.0 Å². The van der Waals surface area contributed by atoms with E-state index in [9.17, 15) is 9.59 Å². The molecule has 1 aromatic rings. The molecule has 0 heterocycles. The summed E-state index contributed by atoms with van der Waals surface area (Å²) in [5.41, 5.74) is 5.87. The molecule has 0 saturated heterocycles. The largest absolute Gasteiger partial charge is 0.348 e. The third-order valence-electron chi connectivity index (χ3n) is 2.44. The first-order valence-corrected chi connectivity index (χ1v) is 6.40. The second-order valence-electron chi connectivity index (χ2n) is 3.94. The summed E-state index contributed by atoms with van der Waals surface area (Å²) < 4.78 is 0. The van der Waals surface area contributed by atoms with E-state index in [2.05, 4.69) is 10.6 Å². The number of rotatable bonds is 5. The predicted octanol–water partition coefficient (Wildman–Crippen LogP) is 1.25. The fourth-order valence-electron chi connectivity index (χ4n) is 1.47. The van der Waals surface area contributed by atoms with Crippen molar-refractivity contribution >= 4 is 35.0 Å². The van der Waals surface area contributed by atoms with Gasteiger partial charge < -0.3 is 16.4 Å². The van der Waals surface area contributed by atoms with E-state index >= 15 is 0 Å². The standard InChI is InChI=1S/C12H15Cl2N3O2/c1-7(9-3-2-8(13)4-10(9)14)17-12(19)6-16-11(18)5-15/h2-4,7H,5-6,15H2,1H3,(H,16,18)(H,17,19). The Balaban J connectivity index is 2.56. The summed E-state index contributed by atoms with van der Waals surface area (Å²) in [4.78, 5) is 22.5. The van der Waals surface area contributed by atoms with Crippen molar-refractivity contribution in [2.24, 2.45) is 5.73 Å². The maximum atomic E-state index is 11.6. The number of amides is 2. The molecule has 4 N–H and O–H groups in total. The van der Waals surface area contributed by atoms with Gasteiger partial charge in [0.05, 0.1) is 19.1 Å². The monoisotopic (exact) mass is 303 g/mol. The van der Waals surface area contributed by atoms with Crippen LogP contribution >= 0.6 is 23.2 Å². The first-order valence-electron chi connectivity index (χ1n) is 5.65. The normalized spacial score (nSPS) is 11.8. The molecule has 0 aromatic heterocycles. The van der Waals surface area contributed by atoms with Crippen LogP contribution in [0.5, 0.6) is 0 Å². The summed E-state index contributed by atoms with van der Waals surface area (Å²) in [5.74, 6) is -0.701. The smallest absolute Gasteiger partial charge is 0.239 e. The summed E-state index contributed by atoms with van der Waals surface area (Å²) in [6.45, 7) is 1.52. The number of benzene rings is 1. The molecule has 0 saturated carbocycles. The maximum Gasteiger partial charge on any atom is 0.239 e. The van der Waals surface area contributed by atoms with E-state index in [1.54, 1.807) is 25.1 Å². The molecule has 0 fully saturated rings. The second kappa shape index (κ2) is 7.33. The Labute approximate surface area is 121 Å². The number of carbonyl (C=O) groups is 2. The topological polar surface area (TPSA) is 84.2 Å². The van der Waals surface area contributed by atoms with Crippen LogP contribution in [0.4, 0.5) is 0 Å². The lowest BCUT2D eigenvalue weighted by atomic mass is 10.1. The molecule has 0 aliphatic rings. The summed E-state index contributed by atoms with van der Waals surface area (Å²) in [6, 6.07) is 4.76. The fourth-order valence-corrected chi connectivity index (χ4v) is 2.05. The van der Waals surface area contributed by atoms with Crippen LogP contribution in [0.3, 0.4) is 0 Å². The van der Waals surface area contributed by atoms with E-state index in [1.165, 1.54) is 0 Å². The Morgan fingerprint density at radius 2 is 2.00 bits per heavy atom. The van der Waals surface area contributed by atoms with Gasteiger partial charge in [0.2, 0.25) is 11.8 Å². The summed E-state index contributed by atoms with van der Waals surface area (Å²) in [5, 5.41) is 6.10. The quantitative estimate of drug-likeness (QED) is 0.765. The van der Waals surface area contributed by atoms with Crippen LogP contribution in [-0.4, -0.2) is 24.9 Å². The molecule has 0 radical (unpaired) electrons. The second-order valence-corrected chi connectivity index (χ2v) is 4.78. The molecule has 1 aromatic carbocycles. The fraction of sp³-hybridized carbons (Fsp3) is 0.333. The van der Waals surface area contributed by atoms with Gasteiger partial charge in [0.1, 0.15) is 0 Å². The van der Waals surface area contributed by atoms with E-state index in [0.717, 1.165) is 5.56 Å². The minimum atomic E-state index is -0.382. The molecule has 19 heavy (non-hydrogen) atoms. The van der Waals surface area contributed by atoms with Gasteiger partial charge in [0.25, 0.3) is 0 Å². The van der Waals surface area contributed by atoms with Crippen molar-refractivity contribution in [1.29, 1.82) is 0 Å². The van der Waals surface area contributed by atoms with E-state index < -0.39 is 0 Å². The van der Waals surface area contributed by atoms with E-state index in [-0.39, 0.29) is 30.9 Å². The third kappa shape index (κ3) is 5.06. The average Bonchev–Trinajstić information content (AvgIpc) is 2.35. The van der Waals surface area contributed by atoms with Crippen molar-refractivity contribution in [3.8, 4) is 0 Å². The maximum absolute atomic E-state index is 11.6. The van der Waals surface area contributed by atoms with Gasteiger partial charge in [0, 0.05) is 10.0 Å². The Bertz CT molecular complexity index is 480. The van der Waals surface area contributed by atoms with E-state index in [0.29, 0.717) is 10.0 Å². The van der Waals surface area contributed by atoms with E-state index in [1.807, 2.05) is 0 Å². The molecule has 1 unspecified atom stereocenters. The highest BCUT2D eigenvalue weighted by atomic mass is 35.5. The van der Waals surface area contributed by atoms with Crippen molar-refractivity contribution < 1.29 is 9.59 Å². The average molecular weight is 304 g/mol. The highest BCUT2D eigenvalue weighted by molar-refractivity contribution is 6.35. The third-order valence-corrected chi connectivity index (χ3v) is 3.00. The van der Waals surface area contributed by atoms with Crippen LogP contribution in [0, 0.1) is 0 Å². The van der Waals surface area contributed by atoms with Crippen LogP contribution in [0.1, 0.15) is 18.5 Å². The van der Waals surface area contributed by atoms with Gasteiger partial charge in [-0.15, -0.1) is 0 Å². The van der Waals surface area contributed by atoms with Crippen LogP contribution in [0.25, 0.3) is 0 Å². The van der Waals surface area contributed by atoms with Gasteiger partial charge in [-0.3, -0.25) is 9.59 Å². The molecular formula is C12H15Cl2N3O2. The zero-order chi connectivity index (χ0) is 14.4. The number of hydrogen-bond donors (Lipinski definition) is 3. The predicted molar refractivity (Wildman–Crippen MR) is 75.1 cm³/mol. The summed E-state index contributed by atoms with van der Waals surface area (Å²) in [7, 11) is 0. The van der Waals surface area contributed by atoms with E-state index in [4.69, 9.17) is 28.9 Å². The molecule has 0 bridgehead atoms. The lowest BCUT2D eigenvalue weighted by Gasteiger charge is -2.16. The van der Waals surface area contributed by atoms with Gasteiger partial charge >= 0.3 is 0 Å². The van der Waals surface area contributed by atoms with Gasteiger partial charge in [-0.2, -0.15) is 0 Å². The summed E-state index contributed by atoms with van der Waals surface area (Å²) >= 11 is 11.8. The molecule has 0 spiro atoms. The molecule has 1 rings (SSSR count). The lowest BCUT2D eigenvalue weighted by molar-refractivity contribution is -0.125. The van der Waals surface area contributed by atoms with Crippen molar-refractivity contribution in [3.05, 3.63) is 33.8 Å². The molecule has 5 nitrogen and oxygen atoms in total. The molecule has 0 aliphatic carbocycles. The lowest BCUT2D eigenvalue weighted by Crippen LogP contribution is -2.40. The number of nitrogens with two attached hydrogens (primary N) is 1. The van der Waals surface area contributed by atoms with Crippen LogP contribution < -0.4 is 16.4 Å². The molecule has 1 atom stereocenters. The Kier molecular flexibility index (Phi) is 6.08. The SMILES string of the molecule is CC(NC(=O)CNC(=O)CN)c1ccc(Cl)cc1Cl. The highest BCUT2D eigenvalue weighted by Gasteiger charge is 2.13. The van der Waals surface area contributed by atoms with Crippen molar-refractivity contribution in [3.63, 3.8) is 0 Å². The molecular weight excluding hydrogens is 289 g/mol. The Morgan fingerprint density at radius 3 is 2.58 bits per heavy atom. The number of carbonyl (C=O) groups excluding carboxylic acids is 2. The first-order chi connectivity index (χ1) is 8.93. The molecule has 0 aliphatic heterocycles. The number of hydrogen-bond acceptors (Lipinski definition) is 3. The van der Waals surface area contributed by atoms with Crippen molar-refractivity contribution in [1.82, 2.24) is 10.6 Å². The zero-order valence-electron chi connectivity index (χ0n) is 10.4. The van der Waals surface area contributed by atoms with Gasteiger partial charge in [-0.1, -0.05) is 29.3 Å². The zero-order valence-corrected chi connectivity index (χ0v) is 11.9. The first kappa shape index (κ1) is 15.8. The Morgan fingerprint density at radius 1 is 1.32 bits per heavy atom. The van der Waals surface area contributed by atoms with Crippen LogP contribution in [0.15, 0.2) is 18.2 Å². The minimum absolute atomic E-state index is 0.119. The molecule has 2 amide bonds. The van der Waals surface area contributed by atoms with Crippen molar-refractivity contribution in [2.75, 3.05) is 13.1 Å². The molecule has 104 valence electrons.